The third-order valence-corrected chi connectivity index (χ3v) is 6.64. The number of hydrogen-bond donors (Lipinski definition) is 1. The van der Waals surface area contributed by atoms with E-state index in [1.165, 1.54) is 0 Å². The van der Waals surface area contributed by atoms with Crippen molar-refractivity contribution < 1.29 is 17.9 Å². The fraction of sp³-hybridized carbons (Fsp3) is 0.600. The number of rotatable bonds is 6. The van der Waals surface area contributed by atoms with Crippen molar-refractivity contribution in [2.75, 3.05) is 32.3 Å². The second kappa shape index (κ2) is 6.78. The average Bonchev–Trinajstić information content (AvgIpc) is 2.94. The summed E-state index contributed by atoms with van der Waals surface area (Å²) in [7, 11) is -0.335. The number of ether oxygens (including phenoxy) is 2. The first-order valence-electron chi connectivity index (χ1n) is 7.11. The van der Waals surface area contributed by atoms with E-state index in [9.17, 15) is 8.42 Å². The Morgan fingerprint density at radius 1 is 1.27 bits per heavy atom. The first-order chi connectivity index (χ1) is 10.3. The van der Waals surface area contributed by atoms with Crippen molar-refractivity contribution in [3.63, 3.8) is 0 Å². The van der Waals surface area contributed by atoms with Gasteiger partial charge < -0.3 is 9.47 Å². The van der Waals surface area contributed by atoms with Crippen molar-refractivity contribution in [3.05, 3.63) is 23.3 Å². The van der Waals surface area contributed by atoms with Crippen LogP contribution in [0.4, 0.5) is 0 Å². The number of hydrogen-bond acceptors (Lipinski definition) is 5. The standard InChI is InChI=1S/C15H23NO4S2/c1-11-7-13(8-12(2)14(11)19-3)22(17,18)16-9-15(20-4)5-6-21-10-15/h7-8,16H,5-6,9-10H2,1-4H3/t15-/m0/s1. The van der Waals surface area contributed by atoms with Gasteiger partial charge in [-0.05, 0) is 49.3 Å². The van der Waals surface area contributed by atoms with Crippen molar-refractivity contribution in [2.24, 2.45) is 0 Å². The number of benzene rings is 1. The molecule has 1 N–H and O–H groups in total. The van der Waals surface area contributed by atoms with E-state index in [0.29, 0.717) is 6.54 Å². The first-order valence-corrected chi connectivity index (χ1v) is 9.75. The molecule has 0 aliphatic carbocycles. The zero-order valence-electron chi connectivity index (χ0n) is 13.4. The Balaban J connectivity index is 2.20. The van der Waals surface area contributed by atoms with Crippen LogP contribution < -0.4 is 9.46 Å². The van der Waals surface area contributed by atoms with Gasteiger partial charge in [0.25, 0.3) is 0 Å². The van der Waals surface area contributed by atoms with Gasteiger partial charge in [-0.3, -0.25) is 0 Å². The lowest BCUT2D eigenvalue weighted by molar-refractivity contribution is 0.0179. The Labute approximate surface area is 136 Å². The Kier molecular flexibility index (Phi) is 5.42. The molecule has 5 nitrogen and oxygen atoms in total. The second-order valence-corrected chi connectivity index (χ2v) is 8.48. The van der Waals surface area contributed by atoms with Crippen LogP contribution in [0.1, 0.15) is 17.5 Å². The summed E-state index contributed by atoms with van der Waals surface area (Å²) in [5.74, 6) is 2.53. The van der Waals surface area contributed by atoms with Gasteiger partial charge in [0.2, 0.25) is 10.0 Å². The van der Waals surface area contributed by atoms with Crippen LogP contribution in [0.3, 0.4) is 0 Å². The summed E-state index contributed by atoms with van der Waals surface area (Å²) in [6.45, 7) is 3.98. The van der Waals surface area contributed by atoms with Gasteiger partial charge in [0.1, 0.15) is 5.75 Å². The molecule has 0 amide bonds. The van der Waals surface area contributed by atoms with Crippen molar-refractivity contribution in [2.45, 2.75) is 30.8 Å². The summed E-state index contributed by atoms with van der Waals surface area (Å²) in [6, 6.07) is 3.27. The van der Waals surface area contributed by atoms with Gasteiger partial charge in [-0.15, -0.1) is 0 Å². The predicted octanol–water partition coefficient (Wildman–Crippen LogP) is 2.11. The van der Waals surface area contributed by atoms with Gasteiger partial charge in [0.15, 0.2) is 0 Å². The number of aryl methyl sites for hydroxylation is 2. The smallest absolute Gasteiger partial charge is 0.240 e. The zero-order valence-corrected chi connectivity index (χ0v) is 15.1. The molecule has 1 aromatic rings. The second-order valence-electron chi connectivity index (χ2n) is 5.60. The lowest BCUT2D eigenvalue weighted by atomic mass is 10.0. The summed E-state index contributed by atoms with van der Waals surface area (Å²) in [4.78, 5) is 0.264. The summed E-state index contributed by atoms with van der Waals surface area (Å²) in [5.41, 5.74) is 1.22. The molecule has 0 spiro atoms. The van der Waals surface area contributed by atoms with E-state index >= 15 is 0 Å². The largest absolute Gasteiger partial charge is 0.496 e. The maximum Gasteiger partial charge on any atom is 0.240 e. The quantitative estimate of drug-likeness (QED) is 0.855. The van der Waals surface area contributed by atoms with Gasteiger partial charge in [0.05, 0.1) is 17.6 Å². The van der Waals surface area contributed by atoms with Crippen molar-refractivity contribution >= 4 is 21.8 Å². The van der Waals surface area contributed by atoms with Gasteiger partial charge in [0, 0.05) is 19.4 Å². The fourth-order valence-corrected chi connectivity index (χ4v) is 5.34. The monoisotopic (exact) mass is 345 g/mol. The van der Waals surface area contributed by atoms with Crippen molar-refractivity contribution in [1.82, 2.24) is 4.72 Å². The van der Waals surface area contributed by atoms with Crippen molar-refractivity contribution in [1.29, 1.82) is 0 Å². The lowest BCUT2D eigenvalue weighted by Gasteiger charge is -2.26. The number of thioether (sulfide) groups is 1. The molecular weight excluding hydrogens is 322 g/mol. The van der Waals surface area contributed by atoms with Gasteiger partial charge in [-0.2, -0.15) is 11.8 Å². The van der Waals surface area contributed by atoms with E-state index in [1.807, 2.05) is 13.8 Å². The van der Waals surface area contributed by atoms with E-state index in [-0.39, 0.29) is 4.90 Å². The highest BCUT2D eigenvalue weighted by Crippen LogP contribution is 2.31. The van der Waals surface area contributed by atoms with Crippen LogP contribution in [-0.4, -0.2) is 46.3 Å². The maximum atomic E-state index is 12.5. The topological polar surface area (TPSA) is 64.6 Å². The molecule has 124 valence electrons. The van der Waals surface area contributed by atoms with Crippen LogP contribution in [0.15, 0.2) is 17.0 Å². The van der Waals surface area contributed by atoms with Crippen LogP contribution in [-0.2, 0) is 14.8 Å². The highest BCUT2D eigenvalue weighted by atomic mass is 32.2. The van der Waals surface area contributed by atoms with Crippen LogP contribution in [0, 0.1) is 13.8 Å². The Morgan fingerprint density at radius 2 is 1.91 bits per heavy atom. The lowest BCUT2D eigenvalue weighted by Crippen LogP contribution is -2.44. The minimum atomic E-state index is -3.56. The van der Waals surface area contributed by atoms with Gasteiger partial charge in [-0.1, -0.05) is 0 Å². The molecule has 1 aliphatic heterocycles. The molecule has 1 aliphatic rings. The highest BCUT2D eigenvalue weighted by Gasteiger charge is 2.35. The molecule has 2 rings (SSSR count). The van der Waals surface area contributed by atoms with E-state index in [0.717, 1.165) is 34.8 Å². The molecule has 0 bridgehead atoms. The summed E-state index contributed by atoms with van der Waals surface area (Å²) < 4.78 is 38.6. The molecule has 1 atom stereocenters. The molecular formula is C15H23NO4S2. The summed E-state index contributed by atoms with van der Waals surface area (Å²) >= 11 is 1.79. The maximum absolute atomic E-state index is 12.5. The SMILES string of the molecule is COc1c(C)cc(S(=O)(=O)NC[C@@]2(OC)CCSC2)cc1C. The minimum absolute atomic E-state index is 0.264. The minimum Gasteiger partial charge on any atom is -0.496 e. The van der Waals surface area contributed by atoms with Crippen LogP contribution in [0.25, 0.3) is 0 Å². The molecule has 0 radical (unpaired) electrons. The Hall–Kier alpha value is -0.760. The van der Waals surface area contributed by atoms with E-state index in [4.69, 9.17) is 9.47 Å². The van der Waals surface area contributed by atoms with Crippen LogP contribution in [0.2, 0.25) is 0 Å². The predicted molar refractivity (Wildman–Crippen MR) is 89.3 cm³/mol. The molecule has 1 aromatic carbocycles. The molecule has 7 heteroatoms. The Bertz CT molecular complexity index is 614. The Morgan fingerprint density at radius 3 is 2.36 bits per heavy atom. The average molecular weight is 345 g/mol. The number of methoxy groups -OCH3 is 2. The van der Waals surface area contributed by atoms with Crippen LogP contribution >= 0.6 is 11.8 Å². The van der Waals surface area contributed by atoms with E-state index in [2.05, 4.69) is 4.72 Å². The normalized spacial score (nSPS) is 22.0. The van der Waals surface area contributed by atoms with Crippen molar-refractivity contribution in [3.8, 4) is 5.75 Å². The molecule has 0 aromatic heterocycles. The number of nitrogens with one attached hydrogen (secondary N) is 1. The fourth-order valence-electron chi connectivity index (χ4n) is 2.66. The zero-order chi connectivity index (χ0) is 16.4. The molecule has 0 unspecified atom stereocenters. The molecule has 1 saturated heterocycles. The van der Waals surface area contributed by atoms with Gasteiger partial charge in [-0.25, -0.2) is 13.1 Å². The third-order valence-electron chi connectivity index (χ3n) is 4.03. The first kappa shape index (κ1) is 17.6. The highest BCUT2D eigenvalue weighted by molar-refractivity contribution is 7.99. The summed E-state index contributed by atoms with van der Waals surface area (Å²) in [5, 5.41) is 0. The number of sulfonamides is 1. The van der Waals surface area contributed by atoms with E-state index in [1.54, 1.807) is 38.1 Å². The summed E-state index contributed by atoms with van der Waals surface area (Å²) in [6.07, 6.45) is 0.858. The van der Waals surface area contributed by atoms with E-state index < -0.39 is 15.6 Å². The molecule has 1 heterocycles. The van der Waals surface area contributed by atoms with Crippen LogP contribution in [0.5, 0.6) is 5.75 Å². The molecule has 22 heavy (non-hydrogen) atoms. The third kappa shape index (κ3) is 3.59. The van der Waals surface area contributed by atoms with Gasteiger partial charge >= 0.3 is 0 Å². The molecule has 0 saturated carbocycles. The molecule has 1 fully saturated rings.